The van der Waals surface area contributed by atoms with Gasteiger partial charge in [-0.05, 0) is 23.3 Å². The second kappa shape index (κ2) is 8.75. The van der Waals surface area contributed by atoms with E-state index in [0.717, 1.165) is 11.1 Å². The van der Waals surface area contributed by atoms with Gasteiger partial charge in [-0.25, -0.2) is 0 Å². The fourth-order valence-electron chi connectivity index (χ4n) is 4.33. The summed E-state index contributed by atoms with van der Waals surface area (Å²) in [6.07, 6.45) is 2.53. The Labute approximate surface area is 199 Å². The number of ether oxygens (including phenoxy) is 2. The summed E-state index contributed by atoms with van der Waals surface area (Å²) < 4.78 is 12.6. The highest BCUT2D eigenvalue weighted by Gasteiger charge is 2.41. The zero-order valence-corrected chi connectivity index (χ0v) is 18.5. The molecule has 0 saturated heterocycles. The fraction of sp³-hybridized carbons (Fsp3) is 0.167. The highest BCUT2D eigenvalue weighted by atomic mass is 16.6. The SMILES string of the molecule is COc1ccc(C2c3c(n[nH]c3-c3ccccc3)OC(=N)C2C#N)cc1Cn1cc([N+](=O)[O-])cn1. The Kier molecular flexibility index (Phi) is 5.46. The molecule has 2 aromatic carbocycles. The van der Waals surface area contributed by atoms with Gasteiger partial charge in [-0.1, -0.05) is 36.4 Å². The van der Waals surface area contributed by atoms with E-state index in [9.17, 15) is 15.4 Å². The summed E-state index contributed by atoms with van der Waals surface area (Å²) in [5.74, 6) is -0.781. The Hall–Kier alpha value is -4.98. The van der Waals surface area contributed by atoms with Crippen LogP contribution in [0.2, 0.25) is 0 Å². The monoisotopic (exact) mass is 469 g/mol. The highest BCUT2D eigenvalue weighted by Crippen LogP contribution is 2.46. The van der Waals surface area contributed by atoms with Crippen LogP contribution < -0.4 is 9.47 Å². The first kappa shape index (κ1) is 21.8. The van der Waals surface area contributed by atoms with E-state index in [2.05, 4.69) is 21.4 Å². The van der Waals surface area contributed by atoms with Crippen LogP contribution in [0.25, 0.3) is 11.3 Å². The third-order valence-corrected chi connectivity index (χ3v) is 5.93. The van der Waals surface area contributed by atoms with Crippen molar-refractivity contribution in [2.45, 2.75) is 12.5 Å². The smallest absolute Gasteiger partial charge is 0.307 e. The highest BCUT2D eigenvalue weighted by molar-refractivity contribution is 5.86. The number of benzene rings is 2. The third-order valence-electron chi connectivity index (χ3n) is 5.93. The number of hydrogen-bond acceptors (Lipinski definition) is 8. The maximum atomic E-state index is 11.0. The molecule has 2 aromatic heterocycles. The molecule has 2 unspecified atom stereocenters. The van der Waals surface area contributed by atoms with Gasteiger partial charge >= 0.3 is 5.69 Å². The predicted molar refractivity (Wildman–Crippen MR) is 124 cm³/mol. The molecule has 4 aromatic rings. The van der Waals surface area contributed by atoms with Gasteiger partial charge in [-0.15, -0.1) is 5.10 Å². The lowest BCUT2D eigenvalue weighted by Crippen LogP contribution is -2.31. The molecule has 11 heteroatoms. The summed E-state index contributed by atoms with van der Waals surface area (Å²) in [5, 5.41) is 40.7. The van der Waals surface area contributed by atoms with Gasteiger partial charge in [0.25, 0.3) is 0 Å². The largest absolute Gasteiger partial charge is 0.496 e. The molecule has 174 valence electrons. The lowest BCUT2D eigenvalue weighted by molar-refractivity contribution is -0.385. The molecule has 0 fully saturated rings. The Bertz CT molecular complexity index is 1470. The molecule has 0 saturated carbocycles. The molecule has 0 bridgehead atoms. The number of nitrogens with one attached hydrogen (secondary N) is 2. The molecule has 35 heavy (non-hydrogen) atoms. The number of fused-ring (bicyclic) bond motifs is 1. The molecule has 2 atom stereocenters. The average molecular weight is 469 g/mol. The Balaban J connectivity index is 1.62. The molecule has 0 amide bonds. The summed E-state index contributed by atoms with van der Waals surface area (Å²) in [6, 6.07) is 17.3. The molecule has 1 aliphatic rings. The average Bonchev–Trinajstić information content (AvgIpc) is 3.51. The third kappa shape index (κ3) is 3.87. The Morgan fingerprint density at radius 2 is 2.11 bits per heavy atom. The van der Waals surface area contributed by atoms with Crippen molar-refractivity contribution in [2.24, 2.45) is 5.92 Å². The van der Waals surface area contributed by atoms with Gasteiger partial charge in [0.1, 0.15) is 24.1 Å². The van der Waals surface area contributed by atoms with Gasteiger partial charge in [0.2, 0.25) is 11.8 Å². The van der Waals surface area contributed by atoms with E-state index < -0.39 is 16.8 Å². The second-order valence-electron chi connectivity index (χ2n) is 7.96. The van der Waals surface area contributed by atoms with Crippen molar-refractivity contribution in [3.05, 3.63) is 87.7 Å². The molecular weight excluding hydrogens is 450 g/mol. The quantitative estimate of drug-likeness (QED) is 0.320. The van der Waals surface area contributed by atoms with Gasteiger partial charge in [-0.3, -0.25) is 25.3 Å². The molecule has 3 heterocycles. The molecule has 0 aliphatic carbocycles. The van der Waals surface area contributed by atoms with Crippen LogP contribution in [-0.4, -0.2) is 37.9 Å². The maximum absolute atomic E-state index is 11.0. The van der Waals surface area contributed by atoms with Crippen LogP contribution in [0.15, 0.2) is 60.9 Å². The van der Waals surface area contributed by atoms with Crippen LogP contribution in [0.3, 0.4) is 0 Å². The van der Waals surface area contributed by atoms with Crippen molar-refractivity contribution in [3.8, 4) is 29.0 Å². The summed E-state index contributed by atoms with van der Waals surface area (Å²) >= 11 is 0. The molecule has 0 spiro atoms. The molecule has 11 nitrogen and oxygen atoms in total. The zero-order valence-electron chi connectivity index (χ0n) is 18.5. The first-order chi connectivity index (χ1) is 17.0. The van der Waals surface area contributed by atoms with Gasteiger partial charge < -0.3 is 9.47 Å². The molecular formula is C24H19N7O4. The number of hydrogen-bond donors (Lipinski definition) is 2. The van der Waals surface area contributed by atoms with Gasteiger partial charge in [0.15, 0.2) is 0 Å². The summed E-state index contributed by atoms with van der Waals surface area (Å²) in [4.78, 5) is 10.5. The van der Waals surface area contributed by atoms with E-state index in [0.29, 0.717) is 22.6 Å². The van der Waals surface area contributed by atoms with Crippen LogP contribution in [0.4, 0.5) is 5.69 Å². The fourth-order valence-corrected chi connectivity index (χ4v) is 4.33. The van der Waals surface area contributed by atoms with Crippen molar-refractivity contribution >= 4 is 11.6 Å². The normalized spacial score (nSPS) is 16.7. The molecule has 5 rings (SSSR count). The minimum absolute atomic E-state index is 0.113. The first-order valence-corrected chi connectivity index (χ1v) is 10.6. The van der Waals surface area contributed by atoms with E-state index in [1.165, 1.54) is 24.2 Å². The second-order valence-corrected chi connectivity index (χ2v) is 7.96. The molecule has 2 N–H and O–H groups in total. The minimum Gasteiger partial charge on any atom is -0.496 e. The van der Waals surface area contributed by atoms with Gasteiger partial charge in [0, 0.05) is 11.5 Å². The number of nitrogens with zero attached hydrogens (tertiary/aromatic N) is 5. The maximum Gasteiger partial charge on any atom is 0.307 e. The number of H-pyrrole nitrogens is 1. The first-order valence-electron chi connectivity index (χ1n) is 10.6. The number of nitriles is 1. The van der Waals surface area contributed by atoms with E-state index >= 15 is 0 Å². The van der Waals surface area contributed by atoms with E-state index in [1.807, 2.05) is 42.5 Å². The van der Waals surface area contributed by atoms with Crippen LogP contribution >= 0.6 is 0 Å². The number of nitro groups is 1. The standard InChI is InChI=1S/C24H19N7O4/c1-34-19-8-7-15(9-16(19)12-30-13-17(11-27-30)31(32)33)20-18(10-25)23(26)35-24-21(20)22(28-29-24)14-5-3-2-4-6-14/h2-9,11,13,18,20,26H,12H2,1H3,(H,28,29). The van der Waals surface area contributed by atoms with Crippen molar-refractivity contribution in [2.75, 3.05) is 7.11 Å². The van der Waals surface area contributed by atoms with Crippen LogP contribution in [0.1, 0.15) is 22.6 Å². The minimum atomic E-state index is -0.880. The van der Waals surface area contributed by atoms with E-state index in [-0.39, 0.29) is 24.0 Å². The van der Waals surface area contributed by atoms with Crippen LogP contribution in [0, 0.1) is 32.8 Å². The van der Waals surface area contributed by atoms with Crippen molar-refractivity contribution < 1.29 is 14.4 Å². The lowest BCUT2D eigenvalue weighted by atomic mass is 9.78. The van der Waals surface area contributed by atoms with Crippen molar-refractivity contribution in [1.82, 2.24) is 20.0 Å². The molecule has 0 radical (unpaired) electrons. The predicted octanol–water partition coefficient (Wildman–Crippen LogP) is 3.88. The number of aromatic nitrogens is 4. The van der Waals surface area contributed by atoms with E-state index in [1.54, 1.807) is 6.07 Å². The Morgan fingerprint density at radius 3 is 2.80 bits per heavy atom. The van der Waals surface area contributed by atoms with Crippen LogP contribution in [0.5, 0.6) is 11.6 Å². The van der Waals surface area contributed by atoms with Crippen LogP contribution in [-0.2, 0) is 6.54 Å². The van der Waals surface area contributed by atoms with Crippen molar-refractivity contribution in [1.29, 1.82) is 10.7 Å². The lowest BCUT2D eigenvalue weighted by Gasteiger charge is -2.28. The molecule has 1 aliphatic heterocycles. The Morgan fingerprint density at radius 1 is 1.31 bits per heavy atom. The van der Waals surface area contributed by atoms with E-state index in [4.69, 9.17) is 14.9 Å². The zero-order chi connectivity index (χ0) is 24.5. The van der Waals surface area contributed by atoms with Gasteiger partial charge in [-0.2, -0.15) is 10.4 Å². The van der Waals surface area contributed by atoms with Crippen molar-refractivity contribution in [3.63, 3.8) is 0 Å². The summed E-state index contributed by atoms with van der Waals surface area (Å²) in [5.41, 5.74) is 3.62. The number of rotatable bonds is 6. The summed E-state index contributed by atoms with van der Waals surface area (Å²) in [6.45, 7) is 0.215. The topological polar surface area (TPSA) is 156 Å². The number of aromatic amines is 1. The summed E-state index contributed by atoms with van der Waals surface area (Å²) in [7, 11) is 1.54. The van der Waals surface area contributed by atoms with Gasteiger partial charge in [0.05, 0.1) is 35.9 Å². The number of methoxy groups -OCH3 is 1.